The molecule has 0 N–H and O–H groups in total. The normalized spacial score (nSPS) is 21.6. The third-order valence-electron chi connectivity index (χ3n) is 5.66. The molecule has 0 aliphatic carbocycles. The van der Waals surface area contributed by atoms with Gasteiger partial charge in [-0.05, 0) is 41.1 Å². The van der Waals surface area contributed by atoms with Crippen LogP contribution in [-0.2, 0) is 16.4 Å². The Morgan fingerprint density at radius 3 is 2.11 bits per heavy atom. The molecule has 6 rings (SSSR count). The molecule has 134 valence electrons. The Morgan fingerprint density at radius 2 is 1.36 bits per heavy atom. The smallest absolute Gasteiger partial charge is 0.180 e. The fourth-order valence-corrected chi connectivity index (χ4v) is 5.85. The van der Waals surface area contributed by atoms with Crippen LogP contribution in [0.25, 0.3) is 16.8 Å². The lowest BCUT2D eigenvalue weighted by atomic mass is 9.82. The summed E-state index contributed by atoms with van der Waals surface area (Å²) >= 11 is 0. The quantitative estimate of drug-likeness (QED) is 0.393. The van der Waals surface area contributed by atoms with Gasteiger partial charge in [-0.1, -0.05) is 66.7 Å². The largest absolute Gasteiger partial charge is 0.473 e. The summed E-state index contributed by atoms with van der Waals surface area (Å²) in [6.07, 6.45) is 4.28. The summed E-state index contributed by atoms with van der Waals surface area (Å²) in [6, 6.07) is 28.3. The first-order valence-corrected chi connectivity index (χ1v) is 10.4. The highest BCUT2D eigenvalue weighted by Gasteiger charge is 2.45. The lowest BCUT2D eigenvalue weighted by molar-refractivity contribution is 0.153. The molecular formula is C25H16O2S. The number of hydrogen-bond acceptors (Lipinski definition) is 2. The maximum atomic E-state index is 13.2. The molecule has 0 saturated carbocycles. The van der Waals surface area contributed by atoms with Gasteiger partial charge in [0.15, 0.2) is 5.60 Å². The first kappa shape index (κ1) is 15.8. The lowest BCUT2D eigenvalue weighted by Gasteiger charge is -2.40. The molecule has 4 aromatic rings. The van der Waals surface area contributed by atoms with Crippen molar-refractivity contribution in [3.8, 4) is 5.75 Å². The van der Waals surface area contributed by atoms with E-state index in [1.807, 2.05) is 60.7 Å². The Hall–Kier alpha value is -3.17. The minimum absolute atomic E-state index is 0.767. The zero-order chi connectivity index (χ0) is 18.7. The molecule has 28 heavy (non-hydrogen) atoms. The Bertz CT molecular complexity index is 1270. The predicted molar refractivity (Wildman–Crippen MR) is 112 cm³/mol. The summed E-state index contributed by atoms with van der Waals surface area (Å²) in [7, 11) is -1.21. The van der Waals surface area contributed by atoms with Crippen molar-refractivity contribution < 1.29 is 8.95 Å². The van der Waals surface area contributed by atoms with Gasteiger partial charge in [0.25, 0.3) is 0 Å². The first-order valence-electron chi connectivity index (χ1n) is 9.29. The van der Waals surface area contributed by atoms with Gasteiger partial charge in [0.05, 0.1) is 20.6 Å². The third-order valence-corrected chi connectivity index (χ3v) is 7.17. The first-order chi connectivity index (χ1) is 13.8. The molecule has 2 nitrogen and oxygen atoms in total. The van der Waals surface area contributed by atoms with Crippen molar-refractivity contribution in [2.75, 3.05) is 0 Å². The summed E-state index contributed by atoms with van der Waals surface area (Å²) in [5, 5.41) is 2.36. The molecule has 1 spiro atoms. The van der Waals surface area contributed by atoms with E-state index >= 15 is 0 Å². The van der Waals surface area contributed by atoms with Crippen LogP contribution >= 0.6 is 0 Å². The molecular weight excluding hydrogens is 364 g/mol. The fraction of sp³-hybridized carbons (Fsp3) is 0.0400. The molecule has 2 heterocycles. The van der Waals surface area contributed by atoms with E-state index in [0.29, 0.717) is 0 Å². The van der Waals surface area contributed by atoms with Gasteiger partial charge in [-0.2, -0.15) is 0 Å². The van der Waals surface area contributed by atoms with E-state index in [1.54, 1.807) is 0 Å². The van der Waals surface area contributed by atoms with Crippen molar-refractivity contribution in [1.29, 1.82) is 0 Å². The Morgan fingerprint density at radius 1 is 0.714 bits per heavy atom. The minimum atomic E-state index is -1.21. The second-order valence-corrected chi connectivity index (χ2v) is 8.55. The zero-order valence-electron chi connectivity index (χ0n) is 15.0. The summed E-state index contributed by atoms with van der Waals surface area (Å²) in [5.41, 5.74) is 2.21. The Balaban J connectivity index is 1.66. The topological polar surface area (TPSA) is 26.3 Å². The van der Waals surface area contributed by atoms with E-state index in [4.69, 9.17) is 4.74 Å². The molecule has 0 atom stereocenters. The molecule has 2 aliphatic heterocycles. The van der Waals surface area contributed by atoms with E-state index < -0.39 is 16.4 Å². The van der Waals surface area contributed by atoms with Crippen LogP contribution < -0.4 is 4.74 Å². The van der Waals surface area contributed by atoms with Gasteiger partial charge in [0.1, 0.15) is 5.75 Å². The average molecular weight is 380 g/mol. The van der Waals surface area contributed by atoms with Crippen molar-refractivity contribution in [3.63, 3.8) is 0 Å². The van der Waals surface area contributed by atoms with Crippen molar-refractivity contribution in [3.05, 3.63) is 108 Å². The third kappa shape index (κ3) is 2.00. The van der Waals surface area contributed by atoms with Crippen LogP contribution in [0.3, 0.4) is 0 Å². The van der Waals surface area contributed by atoms with Crippen molar-refractivity contribution in [1.82, 2.24) is 0 Å². The summed E-state index contributed by atoms with van der Waals surface area (Å²) in [6.45, 7) is 0. The number of fused-ring (bicyclic) bond motifs is 7. The Kier molecular flexibility index (Phi) is 3.21. The van der Waals surface area contributed by atoms with Crippen LogP contribution in [-0.4, -0.2) is 4.21 Å². The Labute approximate surface area is 165 Å². The minimum Gasteiger partial charge on any atom is -0.473 e. The predicted octanol–water partition coefficient (Wildman–Crippen LogP) is 5.67. The van der Waals surface area contributed by atoms with Crippen molar-refractivity contribution in [2.24, 2.45) is 0 Å². The molecule has 0 fully saturated rings. The molecule has 0 saturated heterocycles. The molecule has 3 heteroatoms. The molecule has 0 amide bonds. The molecule has 0 unspecified atom stereocenters. The SMILES string of the molecule is O=S1c2ccccc2C2(C=Cc3c(ccc4ccccc34)O2)c2ccccc21. The van der Waals surface area contributed by atoms with Crippen LogP contribution in [0.5, 0.6) is 5.75 Å². The summed E-state index contributed by atoms with van der Waals surface area (Å²) in [5.74, 6) is 0.846. The lowest BCUT2D eigenvalue weighted by Crippen LogP contribution is -2.38. The van der Waals surface area contributed by atoms with Crippen molar-refractivity contribution in [2.45, 2.75) is 15.4 Å². The highest BCUT2D eigenvalue weighted by molar-refractivity contribution is 7.85. The van der Waals surface area contributed by atoms with Gasteiger partial charge >= 0.3 is 0 Å². The fourth-order valence-electron chi connectivity index (χ4n) is 4.37. The van der Waals surface area contributed by atoms with E-state index in [-0.39, 0.29) is 0 Å². The van der Waals surface area contributed by atoms with Gasteiger partial charge in [0.2, 0.25) is 0 Å². The van der Waals surface area contributed by atoms with Crippen LogP contribution in [0, 0.1) is 0 Å². The van der Waals surface area contributed by atoms with E-state index in [9.17, 15) is 4.21 Å². The second kappa shape index (κ2) is 5.66. The van der Waals surface area contributed by atoms with E-state index in [1.165, 1.54) is 10.8 Å². The highest BCUT2D eigenvalue weighted by atomic mass is 32.2. The van der Waals surface area contributed by atoms with Gasteiger partial charge < -0.3 is 4.74 Å². The molecule has 0 radical (unpaired) electrons. The summed E-state index contributed by atoms with van der Waals surface area (Å²) in [4.78, 5) is 1.63. The number of hydrogen-bond donors (Lipinski definition) is 0. The number of rotatable bonds is 0. The van der Waals surface area contributed by atoms with Crippen LogP contribution in [0.1, 0.15) is 16.7 Å². The monoisotopic (exact) mass is 380 g/mol. The van der Waals surface area contributed by atoms with Gasteiger partial charge in [-0.15, -0.1) is 0 Å². The van der Waals surface area contributed by atoms with Gasteiger partial charge in [0, 0.05) is 16.7 Å². The zero-order valence-corrected chi connectivity index (χ0v) is 15.8. The average Bonchev–Trinajstić information content (AvgIpc) is 2.77. The van der Waals surface area contributed by atoms with E-state index in [0.717, 1.165) is 32.2 Å². The molecule has 2 aliphatic rings. The molecule has 0 bridgehead atoms. The maximum absolute atomic E-state index is 13.2. The maximum Gasteiger partial charge on any atom is 0.180 e. The molecule has 4 aromatic carbocycles. The van der Waals surface area contributed by atoms with Crippen molar-refractivity contribution >= 4 is 27.6 Å². The number of benzene rings is 4. The van der Waals surface area contributed by atoms with Crippen LogP contribution in [0.2, 0.25) is 0 Å². The van der Waals surface area contributed by atoms with Crippen LogP contribution in [0.4, 0.5) is 0 Å². The van der Waals surface area contributed by atoms with Gasteiger partial charge in [-0.3, -0.25) is 0 Å². The molecule has 0 aromatic heterocycles. The highest BCUT2D eigenvalue weighted by Crippen LogP contribution is 2.50. The summed E-state index contributed by atoms with van der Waals surface area (Å²) < 4.78 is 19.9. The van der Waals surface area contributed by atoms with E-state index in [2.05, 4.69) is 36.4 Å². The second-order valence-electron chi connectivity index (χ2n) is 7.13. The van der Waals surface area contributed by atoms with Gasteiger partial charge in [-0.25, -0.2) is 4.21 Å². The standard InChI is InChI=1S/C25H16O2S/c26-28-23-11-5-3-9-20(23)25(21-10-4-6-12-24(21)28)16-15-19-18-8-2-1-7-17(18)13-14-22(19)27-25/h1-16H. The van der Waals surface area contributed by atoms with Crippen LogP contribution in [0.15, 0.2) is 101 Å². The number of ether oxygens (including phenoxy) is 1.